The van der Waals surface area contributed by atoms with Crippen LogP contribution >= 0.6 is 0 Å². The summed E-state index contributed by atoms with van der Waals surface area (Å²) in [7, 11) is 1.70. The van der Waals surface area contributed by atoms with E-state index in [4.69, 9.17) is 4.74 Å². The highest BCUT2D eigenvalue weighted by atomic mass is 19.1. The van der Waals surface area contributed by atoms with E-state index in [0.29, 0.717) is 16.8 Å². The zero-order valence-corrected chi connectivity index (χ0v) is 10.2. The fourth-order valence-corrected chi connectivity index (χ4v) is 1.70. The molecule has 1 heterocycles. The van der Waals surface area contributed by atoms with Gasteiger partial charge in [-0.3, -0.25) is 4.68 Å². The van der Waals surface area contributed by atoms with Crippen LogP contribution in [0.25, 0.3) is 11.3 Å². The smallest absolute Gasteiger partial charge is 0.341 e. The average molecular weight is 248 g/mol. The van der Waals surface area contributed by atoms with Crippen LogP contribution in [-0.2, 0) is 11.8 Å². The lowest BCUT2D eigenvalue weighted by atomic mass is 10.1. The highest BCUT2D eigenvalue weighted by molar-refractivity contribution is 5.95. The van der Waals surface area contributed by atoms with E-state index in [1.807, 2.05) is 0 Å². The molecule has 0 N–H and O–H groups in total. The predicted molar refractivity (Wildman–Crippen MR) is 64.6 cm³/mol. The maximum atomic E-state index is 13.2. The molecular weight excluding hydrogens is 235 g/mol. The average Bonchev–Trinajstić information content (AvgIpc) is 2.72. The molecule has 4 nitrogen and oxygen atoms in total. The molecule has 0 unspecified atom stereocenters. The van der Waals surface area contributed by atoms with Gasteiger partial charge in [0.25, 0.3) is 0 Å². The summed E-state index contributed by atoms with van der Waals surface area (Å²) in [6.45, 7) is 2.02. The van der Waals surface area contributed by atoms with Gasteiger partial charge in [0.15, 0.2) is 0 Å². The minimum Gasteiger partial charge on any atom is -0.462 e. The summed E-state index contributed by atoms with van der Waals surface area (Å²) in [4.78, 5) is 11.8. The van der Waals surface area contributed by atoms with Gasteiger partial charge in [-0.15, -0.1) is 0 Å². The van der Waals surface area contributed by atoms with E-state index in [1.54, 1.807) is 32.3 Å². The van der Waals surface area contributed by atoms with Gasteiger partial charge in [-0.1, -0.05) is 12.1 Å². The summed E-state index contributed by atoms with van der Waals surface area (Å²) in [6, 6.07) is 5.96. The first-order chi connectivity index (χ1) is 8.61. The van der Waals surface area contributed by atoms with E-state index < -0.39 is 5.97 Å². The van der Waals surface area contributed by atoms with Crippen LogP contribution in [0.1, 0.15) is 17.3 Å². The predicted octanol–water partition coefficient (Wildman–Crippen LogP) is 2.40. The van der Waals surface area contributed by atoms with Crippen LogP contribution < -0.4 is 0 Å². The molecule has 94 valence electrons. The minimum absolute atomic E-state index is 0.288. The molecule has 0 saturated heterocycles. The maximum Gasteiger partial charge on any atom is 0.341 e. The Morgan fingerprint density at radius 3 is 2.94 bits per heavy atom. The van der Waals surface area contributed by atoms with Crippen molar-refractivity contribution in [3.05, 3.63) is 41.8 Å². The van der Waals surface area contributed by atoms with Crippen LogP contribution in [0.5, 0.6) is 0 Å². The molecule has 0 radical (unpaired) electrons. The van der Waals surface area contributed by atoms with Crippen molar-refractivity contribution in [2.24, 2.45) is 7.05 Å². The second-order valence-electron chi connectivity index (χ2n) is 3.80. The van der Waals surface area contributed by atoms with Crippen molar-refractivity contribution in [3.63, 3.8) is 0 Å². The molecule has 2 aromatic rings. The highest BCUT2D eigenvalue weighted by Crippen LogP contribution is 2.23. The fraction of sp³-hybridized carbons (Fsp3) is 0.231. The molecule has 0 amide bonds. The van der Waals surface area contributed by atoms with Crippen molar-refractivity contribution in [1.82, 2.24) is 9.78 Å². The second-order valence-corrected chi connectivity index (χ2v) is 3.80. The molecule has 0 aliphatic rings. The number of aryl methyl sites for hydroxylation is 1. The van der Waals surface area contributed by atoms with Gasteiger partial charge in [-0.2, -0.15) is 5.10 Å². The number of aromatic nitrogens is 2. The first-order valence-corrected chi connectivity index (χ1v) is 5.58. The van der Waals surface area contributed by atoms with Gasteiger partial charge < -0.3 is 4.74 Å². The van der Waals surface area contributed by atoms with Gasteiger partial charge in [-0.25, -0.2) is 9.18 Å². The number of hydrogen-bond acceptors (Lipinski definition) is 3. The van der Waals surface area contributed by atoms with Crippen molar-refractivity contribution in [2.45, 2.75) is 6.92 Å². The Morgan fingerprint density at radius 2 is 2.28 bits per heavy atom. The van der Waals surface area contributed by atoms with Crippen molar-refractivity contribution in [3.8, 4) is 11.3 Å². The van der Waals surface area contributed by atoms with Gasteiger partial charge in [0.1, 0.15) is 17.1 Å². The number of esters is 1. The number of carbonyl (C=O) groups excluding carboxylic acids is 1. The van der Waals surface area contributed by atoms with Crippen molar-refractivity contribution in [2.75, 3.05) is 6.61 Å². The third-order valence-electron chi connectivity index (χ3n) is 2.42. The highest BCUT2D eigenvalue weighted by Gasteiger charge is 2.18. The Bertz CT molecular complexity index is 578. The van der Waals surface area contributed by atoms with Crippen LogP contribution in [0.15, 0.2) is 30.5 Å². The maximum absolute atomic E-state index is 13.2. The topological polar surface area (TPSA) is 44.1 Å². The van der Waals surface area contributed by atoms with Crippen molar-refractivity contribution >= 4 is 5.97 Å². The zero-order chi connectivity index (χ0) is 13.1. The number of benzene rings is 1. The SMILES string of the molecule is CCOC(=O)c1cn(C)nc1-c1cccc(F)c1. The molecule has 0 fully saturated rings. The van der Waals surface area contributed by atoms with Crippen LogP contribution in [0.2, 0.25) is 0 Å². The Morgan fingerprint density at radius 1 is 1.50 bits per heavy atom. The lowest BCUT2D eigenvalue weighted by Crippen LogP contribution is -2.05. The Kier molecular flexibility index (Phi) is 3.41. The van der Waals surface area contributed by atoms with Gasteiger partial charge in [-0.05, 0) is 19.1 Å². The minimum atomic E-state index is -0.454. The van der Waals surface area contributed by atoms with Gasteiger partial charge in [0.2, 0.25) is 0 Å². The van der Waals surface area contributed by atoms with E-state index in [-0.39, 0.29) is 12.4 Å². The number of nitrogens with zero attached hydrogens (tertiary/aromatic N) is 2. The molecule has 0 bridgehead atoms. The molecule has 1 aromatic heterocycles. The summed E-state index contributed by atoms with van der Waals surface area (Å²) in [5, 5.41) is 4.17. The lowest BCUT2D eigenvalue weighted by Gasteiger charge is -2.02. The number of rotatable bonds is 3. The largest absolute Gasteiger partial charge is 0.462 e. The van der Waals surface area contributed by atoms with E-state index in [0.717, 1.165) is 0 Å². The van der Waals surface area contributed by atoms with Crippen molar-refractivity contribution in [1.29, 1.82) is 0 Å². The Hall–Kier alpha value is -2.17. The molecule has 18 heavy (non-hydrogen) atoms. The summed E-state index contributed by atoms with van der Waals surface area (Å²) in [6.07, 6.45) is 1.57. The third kappa shape index (κ3) is 2.40. The number of halogens is 1. The molecule has 2 rings (SSSR count). The Labute approximate surface area is 104 Å². The third-order valence-corrected chi connectivity index (χ3v) is 2.42. The van der Waals surface area contributed by atoms with Gasteiger partial charge in [0, 0.05) is 18.8 Å². The first kappa shape index (κ1) is 12.3. The standard InChI is InChI=1S/C13H13FN2O2/c1-3-18-13(17)11-8-16(2)15-12(11)9-5-4-6-10(14)7-9/h4-8H,3H2,1-2H3. The van der Waals surface area contributed by atoms with E-state index >= 15 is 0 Å². The molecular formula is C13H13FN2O2. The fourth-order valence-electron chi connectivity index (χ4n) is 1.70. The molecule has 0 spiro atoms. The number of ether oxygens (including phenoxy) is 1. The second kappa shape index (κ2) is 5.00. The van der Waals surface area contributed by atoms with Crippen LogP contribution in [-0.4, -0.2) is 22.4 Å². The number of carbonyl (C=O) groups is 1. The molecule has 0 aliphatic carbocycles. The monoisotopic (exact) mass is 248 g/mol. The first-order valence-electron chi connectivity index (χ1n) is 5.58. The Balaban J connectivity index is 2.47. The molecule has 0 saturated carbocycles. The molecule has 1 aromatic carbocycles. The molecule has 0 atom stereocenters. The molecule has 0 aliphatic heterocycles. The summed E-state index contributed by atoms with van der Waals surface area (Å²) >= 11 is 0. The van der Waals surface area contributed by atoms with Crippen LogP contribution in [0.3, 0.4) is 0 Å². The quantitative estimate of drug-likeness (QED) is 0.783. The normalized spacial score (nSPS) is 10.4. The lowest BCUT2D eigenvalue weighted by molar-refractivity contribution is 0.0527. The van der Waals surface area contributed by atoms with Gasteiger partial charge >= 0.3 is 5.97 Å². The summed E-state index contributed by atoms with van der Waals surface area (Å²) in [5.74, 6) is -0.821. The van der Waals surface area contributed by atoms with Gasteiger partial charge in [0.05, 0.1) is 6.61 Å². The van der Waals surface area contributed by atoms with Crippen LogP contribution in [0, 0.1) is 5.82 Å². The van der Waals surface area contributed by atoms with Crippen molar-refractivity contribution < 1.29 is 13.9 Å². The van der Waals surface area contributed by atoms with E-state index in [1.165, 1.54) is 16.8 Å². The zero-order valence-electron chi connectivity index (χ0n) is 10.2. The van der Waals surface area contributed by atoms with Crippen LogP contribution in [0.4, 0.5) is 4.39 Å². The summed E-state index contributed by atoms with van der Waals surface area (Å²) < 4.78 is 19.6. The van der Waals surface area contributed by atoms with E-state index in [2.05, 4.69) is 5.10 Å². The number of hydrogen-bond donors (Lipinski definition) is 0. The molecule has 5 heteroatoms. The van der Waals surface area contributed by atoms with E-state index in [9.17, 15) is 9.18 Å². The summed E-state index contributed by atoms with van der Waals surface area (Å²) in [5.41, 5.74) is 1.32.